The van der Waals surface area contributed by atoms with Crippen molar-refractivity contribution in [3.05, 3.63) is 69.2 Å². The van der Waals surface area contributed by atoms with Gasteiger partial charge < -0.3 is 19.8 Å². The molecule has 0 unspecified atom stereocenters. The van der Waals surface area contributed by atoms with E-state index in [1.54, 1.807) is 0 Å². The van der Waals surface area contributed by atoms with Crippen molar-refractivity contribution < 1.29 is 36.6 Å². The van der Waals surface area contributed by atoms with Crippen molar-refractivity contribution in [2.24, 2.45) is 0 Å². The number of hydrogen-bond donors (Lipinski definition) is 2. The maximum Gasteiger partial charge on any atom is 0.491 e. The predicted molar refractivity (Wildman–Crippen MR) is 109 cm³/mol. The summed E-state index contributed by atoms with van der Waals surface area (Å²) in [5, 5.41) is 11.4. The summed E-state index contributed by atoms with van der Waals surface area (Å²) in [4.78, 5) is 28.5. The molecule has 8 nitrogen and oxygen atoms in total. The van der Waals surface area contributed by atoms with E-state index in [2.05, 4.69) is 20.0 Å². The minimum atomic E-state index is -5.25. The number of halogens is 6. The second kappa shape index (κ2) is 9.98. The van der Waals surface area contributed by atoms with E-state index in [-0.39, 0.29) is 44.9 Å². The largest absolute Gasteiger partial charge is 0.491 e. The summed E-state index contributed by atoms with van der Waals surface area (Å²) in [7, 11) is 0. The van der Waals surface area contributed by atoms with Crippen LogP contribution in [0.3, 0.4) is 0 Å². The normalized spacial score (nSPS) is 11.0. The fourth-order valence-electron chi connectivity index (χ4n) is 2.49. The van der Waals surface area contributed by atoms with Crippen LogP contribution in [0.4, 0.5) is 17.6 Å². The van der Waals surface area contributed by atoms with Gasteiger partial charge in [0.15, 0.2) is 11.6 Å². The van der Waals surface area contributed by atoms with Gasteiger partial charge in [0.25, 0.3) is 5.91 Å². The van der Waals surface area contributed by atoms with Crippen molar-refractivity contribution in [2.75, 3.05) is 0 Å². The van der Waals surface area contributed by atoms with Crippen molar-refractivity contribution in [1.29, 1.82) is 5.26 Å². The lowest BCUT2D eigenvalue weighted by Crippen LogP contribution is -2.28. The third-order valence-electron chi connectivity index (χ3n) is 4.01. The van der Waals surface area contributed by atoms with Gasteiger partial charge in [-0.05, 0) is 24.3 Å². The minimum absolute atomic E-state index is 0.0458. The number of nitriles is 1. The van der Waals surface area contributed by atoms with Crippen LogP contribution in [0.1, 0.15) is 21.6 Å². The van der Waals surface area contributed by atoms with Gasteiger partial charge in [-0.2, -0.15) is 18.4 Å². The van der Waals surface area contributed by atoms with Gasteiger partial charge >= 0.3 is 18.2 Å². The number of benzene rings is 2. The van der Waals surface area contributed by atoms with Crippen molar-refractivity contribution in [3.63, 3.8) is 0 Å². The fourth-order valence-corrected chi connectivity index (χ4v) is 2.90. The summed E-state index contributed by atoms with van der Waals surface area (Å²) < 4.78 is 61.1. The number of esters is 1. The van der Waals surface area contributed by atoms with Crippen molar-refractivity contribution in [2.45, 2.75) is 12.7 Å². The minimum Gasteiger partial charge on any atom is -0.453 e. The van der Waals surface area contributed by atoms with E-state index in [4.69, 9.17) is 33.2 Å². The second-order valence-electron chi connectivity index (χ2n) is 6.41. The van der Waals surface area contributed by atoms with Gasteiger partial charge in [0, 0.05) is 17.1 Å². The molecule has 0 atom stereocenters. The molecule has 0 fully saturated rings. The van der Waals surface area contributed by atoms with E-state index in [1.165, 1.54) is 30.3 Å². The maximum atomic E-state index is 15.0. The predicted octanol–water partition coefficient (Wildman–Crippen LogP) is 4.92. The van der Waals surface area contributed by atoms with E-state index in [0.29, 0.717) is 0 Å². The molecule has 0 saturated heterocycles. The molecule has 0 aliphatic rings. The quantitative estimate of drug-likeness (QED) is 0.354. The number of rotatable bonds is 6. The zero-order valence-electron chi connectivity index (χ0n) is 16.5. The number of nitrogens with zero attached hydrogens (tertiary/aromatic N) is 2. The Balaban J connectivity index is 1.71. The first kappa shape index (κ1) is 24.8. The van der Waals surface area contributed by atoms with Gasteiger partial charge in [-0.15, -0.1) is 0 Å². The number of aromatic nitrogens is 2. The average molecular weight is 517 g/mol. The first-order valence-corrected chi connectivity index (χ1v) is 9.71. The number of H-pyrrole nitrogens is 1. The monoisotopic (exact) mass is 516 g/mol. The molecule has 2 N–H and O–H groups in total. The lowest BCUT2D eigenvalue weighted by Gasteiger charge is -2.13. The van der Waals surface area contributed by atoms with Crippen molar-refractivity contribution in [3.8, 4) is 23.6 Å². The Hall–Kier alpha value is -3.82. The van der Waals surface area contributed by atoms with Gasteiger partial charge in [0.05, 0.1) is 22.9 Å². The number of aromatic amines is 1. The van der Waals surface area contributed by atoms with Crippen LogP contribution in [0, 0.1) is 17.1 Å². The molecule has 176 valence electrons. The summed E-state index contributed by atoms with van der Waals surface area (Å²) in [6, 6.07) is 7.64. The van der Waals surface area contributed by atoms with Crippen molar-refractivity contribution >= 4 is 35.1 Å². The molecule has 3 rings (SSSR count). The van der Waals surface area contributed by atoms with Gasteiger partial charge in [0.2, 0.25) is 0 Å². The van der Waals surface area contributed by atoms with Gasteiger partial charge in [-0.3, -0.25) is 4.79 Å². The fraction of sp³-hybridized carbons (Fsp3) is 0.100. The number of ether oxygens (including phenoxy) is 2. The van der Waals surface area contributed by atoms with E-state index in [1.807, 2.05) is 6.07 Å². The number of carbonyl (C=O) groups is 2. The molecule has 0 saturated carbocycles. The highest BCUT2D eigenvalue weighted by atomic mass is 35.5. The summed E-state index contributed by atoms with van der Waals surface area (Å²) in [6.45, 7) is -0.381. The Morgan fingerprint density at radius 1 is 1.21 bits per heavy atom. The molecule has 0 radical (unpaired) electrons. The zero-order valence-corrected chi connectivity index (χ0v) is 18.0. The summed E-state index contributed by atoms with van der Waals surface area (Å²) in [5.41, 5.74) is -0.236. The number of amides is 1. The summed E-state index contributed by atoms with van der Waals surface area (Å²) in [6.07, 6.45) is -4.42. The molecule has 1 aromatic heterocycles. The highest BCUT2D eigenvalue weighted by molar-refractivity contribution is 6.32. The lowest BCUT2D eigenvalue weighted by atomic mass is 10.2. The van der Waals surface area contributed by atoms with Crippen LogP contribution in [-0.4, -0.2) is 28.0 Å². The second-order valence-corrected chi connectivity index (χ2v) is 7.25. The van der Waals surface area contributed by atoms with Gasteiger partial charge in [0.1, 0.15) is 11.4 Å². The maximum absolute atomic E-state index is 15.0. The van der Waals surface area contributed by atoms with Crippen LogP contribution in [-0.2, 0) is 11.3 Å². The van der Waals surface area contributed by atoms with E-state index in [0.717, 1.165) is 6.20 Å². The van der Waals surface area contributed by atoms with Crippen LogP contribution in [0.5, 0.6) is 17.5 Å². The summed E-state index contributed by atoms with van der Waals surface area (Å²) in [5.74, 6) is -4.67. The highest BCUT2D eigenvalue weighted by Crippen LogP contribution is 2.35. The van der Waals surface area contributed by atoms with E-state index >= 15 is 0 Å². The number of imidazole rings is 1. The van der Waals surface area contributed by atoms with Gasteiger partial charge in [-0.1, -0.05) is 29.3 Å². The SMILES string of the molecule is N#Cc1cc(Cl)cc(Oc2c(Cl)ccc(CNC(=O)c3cnc(OC(=O)C(F)(F)F)[nH]3)c2F)c1. The van der Waals surface area contributed by atoms with Crippen LogP contribution < -0.4 is 14.8 Å². The molecule has 3 aromatic rings. The Kier molecular flexibility index (Phi) is 7.29. The molecular formula is C20H10Cl2F4N4O4. The standard InChI is InChI=1S/C20H10Cl2F4N4O4/c21-11-3-9(6-27)4-12(5-11)33-16-13(22)2-1-10(15(16)23)7-28-17(31)14-8-29-19(30-14)34-18(32)20(24,25)26/h1-5,8H,7H2,(H,28,31)(H,29,30). The van der Waals surface area contributed by atoms with E-state index < -0.39 is 29.9 Å². The summed E-state index contributed by atoms with van der Waals surface area (Å²) >= 11 is 11.9. The number of hydrogen-bond acceptors (Lipinski definition) is 6. The highest BCUT2D eigenvalue weighted by Gasteiger charge is 2.42. The third kappa shape index (κ3) is 5.94. The zero-order chi connectivity index (χ0) is 25.0. The average Bonchev–Trinajstić information content (AvgIpc) is 3.23. The molecular weight excluding hydrogens is 507 g/mol. The number of alkyl halides is 3. The van der Waals surface area contributed by atoms with Crippen LogP contribution >= 0.6 is 23.2 Å². The molecule has 0 aliphatic heterocycles. The van der Waals surface area contributed by atoms with Crippen LogP contribution in [0.2, 0.25) is 10.0 Å². The molecule has 0 aliphatic carbocycles. The molecule has 2 aromatic carbocycles. The smallest absolute Gasteiger partial charge is 0.453 e. The van der Waals surface area contributed by atoms with Gasteiger partial charge in [-0.25, -0.2) is 14.2 Å². The Bertz CT molecular complexity index is 1300. The van der Waals surface area contributed by atoms with E-state index in [9.17, 15) is 27.2 Å². The Morgan fingerprint density at radius 2 is 1.94 bits per heavy atom. The Labute approximate surface area is 198 Å². The molecule has 0 spiro atoms. The van der Waals surface area contributed by atoms with Crippen LogP contribution in [0.25, 0.3) is 0 Å². The Morgan fingerprint density at radius 3 is 2.62 bits per heavy atom. The first-order valence-electron chi connectivity index (χ1n) is 8.95. The molecule has 34 heavy (non-hydrogen) atoms. The molecule has 1 amide bonds. The number of carbonyl (C=O) groups excluding carboxylic acids is 2. The number of nitrogens with one attached hydrogen (secondary N) is 2. The molecule has 1 heterocycles. The molecule has 0 bridgehead atoms. The third-order valence-corrected chi connectivity index (χ3v) is 4.52. The lowest BCUT2D eigenvalue weighted by molar-refractivity contribution is -0.190. The first-order chi connectivity index (χ1) is 16.0. The molecule has 14 heteroatoms. The topological polar surface area (TPSA) is 117 Å². The van der Waals surface area contributed by atoms with Crippen molar-refractivity contribution in [1.82, 2.24) is 15.3 Å². The van der Waals surface area contributed by atoms with Crippen LogP contribution in [0.15, 0.2) is 36.5 Å².